The van der Waals surface area contributed by atoms with Crippen LogP contribution in [0.5, 0.6) is 0 Å². The molecule has 110 valence electrons. The highest BCUT2D eigenvalue weighted by Crippen LogP contribution is 2.22. The van der Waals surface area contributed by atoms with Gasteiger partial charge in [-0.25, -0.2) is 9.18 Å². The van der Waals surface area contributed by atoms with Crippen LogP contribution >= 0.6 is 11.6 Å². The molecule has 0 fully saturated rings. The van der Waals surface area contributed by atoms with Crippen molar-refractivity contribution >= 4 is 17.6 Å². The first-order valence-corrected chi connectivity index (χ1v) is 6.86. The molecule has 2 aromatic rings. The average Bonchev–Trinajstić information content (AvgIpc) is 2.45. The number of nitrogens with one attached hydrogen (secondary N) is 1. The second kappa shape index (κ2) is 6.70. The van der Waals surface area contributed by atoms with Crippen molar-refractivity contribution < 1.29 is 14.3 Å². The Morgan fingerprint density at radius 2 is 2.05 bits per heavy atom. The summed E-state index contributed by atoms with van der Waals surface area (Å²) >= 11 is 6.12. The first-order valence-electron chi connectivity index (χ1n) is 6.48. The lowest BCUT2D eigenvalue weighted by Crippen LogP contribution is -2.18. The number of carbonyl (C=O) groups is 1. The van der Waals surface area contributed by atoms with Crippen LogP contribution in [0.25, 0.3) is 0 Å². The van der Waals surface area contributed by atoms with Gasteiger partial charge in [0, 0.05) is 17.6 Å². The van der Waals surface area contributed by atoms with Crippen molar-refractivity contribution in [1.82, 2.24) is 5.32 Å². The summed E-state index contributed by atoms with van der Waals surface area (Å²) in [6.45, 7) is 2.38. The zero-order valence-electron chi connectivity index (χ0n) is 11.4. The van der Waals surface area contributed by atoms with E-state index in [9.17, 15) is 9.18 Å². The van der Waals surface area contributed by atoms with Gasteiger partial charge in [0.25, 0.3) is 0 Å². The Kier molecular flexibility index (Phi) is 4.94. The van der Waals surface area contributed by atoms with E-state index in [0.717, 1.165) is 5.56 Å². The smallest absolute Gasteiger partial charge is 0.338 e. The van der Waals surface area contributed by atoms with E-state index in [1.165, 1.54) is 12.1 Å². The summed E-state index contributed by atoms with van der Waals surface area (Å²) in [4.78, 5) is 10.8. The third-order valence-corrected chi connectivity index (χ3v) is 3.59. The van der Waals surface area contributed by atoms with Gasteiger partial charge in [-0.05, 0) is 36.2 Å². The molecule has 0 saturated heterocycles. The zero-order valence-corrected chi connectivity index (χ0v) is 12.2. The maximum absolute atomic E-state index is 13.6. The molecule has 0 aliphatic carbocycles. The SMILES string of the molecule is C[C@@H](NCc1ccc(C(=O)O)c(F)c1)c1ccccc1Cl. The highest BCUT2D eigenvalue weighted by Gasteiger charge is 2.12. The molecule has 2 rings (SSSR count). The predicted octanol–water partition coefficient (Wildman–Crippen LogP) is 4.03. The molecule has 3 nitrogen and oxygen atoms in total. The van der Waals surface area contributed by atoms with Crippen LogP contribution in [0.1, 0.15) is 34.5 Å². The van der Waals surface area contributed by atoms with Crippen molar-refractivity contribution in [2.24, 2.45) is 0 Å². The first-order chi connectivity index (χ1) is 9.99. The normalized spacial score (nSPS) is 12.1. The van der Waals surface area contributed by atoms with E-state index in [0.29, 0.717) is 17.1 Å². The van der Waals surface area contributed by atoms with Gasteiger partial charge in [-0.3, -0.25) is 0 Å². The van der Waals surface area contributed by atoms with Crippen LogP contribution in [0.3, 0.4) is 0 Å². The number of hydrogen-bond donors (Lipinski definition) is 2. The van der Waals surface area contributed by atoms with Gasteiger partial charge in [-0.1, -0.05) is 35.9 Å². The van der Waals surface area contributed by atoms with Gasteiger partial charge in [-0.15, -0.1) is 0 Å². The molecule has 5 heteroatoms. The second-order valence-electron chi connectivity index (χ2n) is 4.74. The fourth-order valence-corrected chi connectivity index (χ4v) is 2.35. The maximum Gasteiger partial charge on any atom is 0.338 e. The van der Waals surface area contributed by atoms with Crippen LogP contribution < -0.4 is 5.32 Å². The minimum atomic E-state index is -1.27. The average molecular weight is 308 g/mol. The summed E-state index contributed by atoms with van der Waals surface area (Å²) in [7, 11) is 0. The summed E-state index contributed by atoms with van der Waals surface area (Å²) in [6.07, 6.45) is 0. The first kappa shape index (κ1) is 15.5. The summed E-state index contributed by atoms with van der Waals surface area (Å²) in [6, 6.07) is 11.6. The lowest BCUT2D eigenvalue weighted by atomic mass is 10.1. The van der Waals surface area contributed by atoms with E-state index in [1.807, 2.05) is 31.2 Å². The number of carboxylic acid groups (broad SMARTS) is 1. The molecular formula is C16H15ClFNO2. The minimum Gasteiger partial charge on any atom is -0.478 e. The molecule has 0 aliphatic rings. The van der Waals surface area contributed by atoms with Gasteiger partial charge in [0.05, 0.1) is 5.56 Å². The van der Waals surface area contributed by atoms with E-state index >= 15 is 0 Å². The van der Waals surface area contributed by atoms with Gasteiger partial charge in [-0.2, -0.15) is 0 Å². The standard InChI is InChI=1S/C16H15ClFNO2/c1-10(12-4-2-3-5-14(12)17)19-9-11-6-7-13(16(20)21)15(18)8-11/h2-8,10,19H,9H2,1H3,(H,20,21)/t10-/m1/s1. The highest BCUT2D eigenvalue weighted by atomic mass is 35.5. The number of carboxylic acids is 1. The van der Waals surface area contributed by atoms with Crippen molar-refractivity contribution in [2.75, 3.05) is 0 Å². The molecule has 0 bridgehead atoms. The molecule has 1 atom stereocenters. The summed E-state index contributed by atoms with van der Waals surface area (Å²) in [5, 5.41) is 12.7. The van der Waals surface area contributed by atoms with Crippen LogP contribution in [-0.4, -0.2) is 11.1 Å². The lowest BCUT2D eigenvalue weighted by Gasteiger charge is -2.16. The quantitative estimate of drug-likeness (QED) is 0.877. The third-order valence-electron chi connectivity index (χ3n) is 3.25. The maximum atomic E-state index is 13.6. The molecule has 2 N–H and O–H groups in total. The molecular weight excluding hydrogens is 293 g/mol. The van der Waals surface area contributed by atoms with E-state index < -0.39 is 11.8 Å². The lowest BCUT2D eigenvalue weighted by molar-refractivity contribution is 0.0692. The molecule has 0 heterocycles. The number of hydrogen-bond acceptors (Lipinski definition) is 2. The van der Waals surface area contributed by atoms with Crippen LogP contribution in [-0.2, 0) is 6.54 Å². The molecule has 0 radical (unpaired) electrons. The van der Waals surface area contributed by atoms with E-state index in [2.05, 4.69) is 5.32 Å². The zero-order chi connectivity index (χ0) is 15.4. The summed E-state index contributed by atoms with van der Waals surface area (Å²) in [5.41, 5.74) is 1.32. The molecule has 0 spiro atoms. The molecule has 0 saturated carbocycles. The van der Waals surface area contributed by atoms with Crippen molar-refractivity contribution in [2.45, 2.75) is 19.5 Å². The number of aromatic carboxylic acids is 1. The number of benzene rings is 2. The van der Waals surface area contributed by atoms with E-state index in [4.69, 9.17) is 16.7 Å². The Hall–Kier alpha value is -1.91. The van der Waals surface area contributed by atoms with Crippen molar-refractivity contribution in [3.8, 4) is 0 Å². The van der Waals surface area contributed by atoms with E-state index in [-0.39, 0.29) is 11.6 Å². The molecule has 21 heavy (non-hydrogen) atoms. The Labute approximate surface area is 127 Å². The molecule has 2 aromatic carbocycles. The van der Waals surface area contributed by atoms with Gasteiger partial charge < -0.3 is 10.4 Å². The fraction of sp³-hybridized carbons (Fsp3) is 0.188. The van der Waals surface area contributed by atoms with Gasteiger partial charge in [0.15, 0.2) is 0 Å². The van der Waals surface area contributed by atoms with Crippen molar-refractivity contribution in [3.05, 3.63) is 70.0 Å². The number of halogens is 2. The van der Waals surface area contributed by atoms with Crippen molar-refractivity contribution in [1.29, 1.82) is 0 Å². The second-order valence-corrected chi connectivity index (χ2v) is 5.15. The Morgan fingerprint density at radius 3 is 2.67 bits per heavy atom. The topological polar surface area (TPSA) is 49.3 Å². The minimum absolute atomic E-state index is 0.000844. The Bertz CT molecular complexity index is 660. The van der Waals surface area contributed by atoms with Crippen LogP contribution in [0.2, 0.25) is 5.02 Å². The molecule has 0 aromatic heterocycles. The van der Waals surface area contributed by atoms with Crippen LogP contribution in [0.4, 0.5) is 4.39 Å². The largest absolute Gasteiger partial charge is 0.478 e. The van der Waals surface area contributed by atoms with Crippen LogP contribution in [0, 0.1) is 5.82 Å². The highest BCUT2D eigenvalue weighted by molar-refractivity contribution is 6.31. The monoisotopic (exact) mass is 307 g/mol. The third kappa shape index (κ3) is 3.80. The number of rotatable bonds is 5. The summed E-state index contributed by atoms with van der Waals surface area (Å²) < 4.78 is 13.6. The van der Waals surface area contributed by atoms with Gasteiger partial charge in [0.1, 0.15) is 5.82 Å². The Morgan fingerprint density at radius 1 is 1.33 bits per heavy atom. The van der Waals surface area contributed by atoms with Crippen molar-refractivity contribution in [3.63, 3.8) is 0 Å². The van der Waals surface area contributed by atoms with Crippen LogP contribution in [0.15, 0.2) is 42.5 Å². The van der Waals surface area contributed by atoms with Gasteiger partial charge in [0.2, 0.25) is 0 Å². The molecule has 0 unspecified atom stereocenters. The molecule has 0 aliphatic heterocycles. The Balaban J connectivity index is 2.05. The predicted molar refractivity (Wildman–Crippen MR) is 80.1 cm³/mol. The summed E-state index contributed by atoms with van der Waals surface area (Å²) in [5.74, 6) is -2.00. The van der Waals surface area contributed by atoms with E-state index in [1.54, 1.807) is 6.07 Å². The molecule has 0 amide bonds. The fourth-order valence-electron chi connectivity index (χ4n) is 2.05. The van der Waals surface area contributed by atoms with Gasteiger partial charge >= 0.3 is 5.97 Å².